The second kappa shape index (κ2) is 14.0. The molecule has 0 aromatic heterocycles. The molecule has 3 rings (SSSR count). The first-order valence-electron chi connectivity index (χ1n) is 13.3. The summed E-state index contributed by atoms with van der Waals surface area (Å²) in [5.74, 6) is -5.59. The van der Waals surface area contributed by atoms with Crippen molar-refractivity contribution < 1.29 is 31.4 Å². The van der Waals surface area contributed by atoms with E-state index in [-0.39, 0.29) is 42.9 Å². The molecule has 9 heteroatoms. The fraction of sp³-hybridized carbons (Fsp3) is 0.778. The number of nitrogens with one attached hydrogen (secondary N) is 1. The molecular formula is C27H41F5N2O2. The van der Waals surface area contributed by atoms with Crippen molar-refractivity contribution in [3.8, 4) is 0 Å². The molecule has 0 radical (unpaired) electrons. The van der Waals surface area contributed by atoms with Gasteiger partial charge in [-0.05, 0) is 71.0 Å². The zero-order valence-electron chi connectivity index (χ0n) is 21.5. The Morgan fingerprint density at radius 1 is 1.11 bits per heavy atom. The first-order valence-corrected chi connectivity index (χ1v) is 13.3. The van der Waals surface area contributed by atoms with Crippen LogP contribution in [0.25, 0.3) is 0 Å². The lowest BCUT2D eigenvalue weighted by Crippen LogP contribution is -2.49. The highest BCUT2D eigenvalue weighted by molar-refractivity contribution is 5.23. The van der Waals surface area contributed by atoms with Gasteiger partial charge >= 0.3 is 0 Å². The van der Waals surface area contributed by atoms with Crippen molar-refractivity contribution >= 4 is 0 Å². The SMILES string of the molecule is CCOCCCOC(c1cc(F)cc(F)c1F)C1CCCN(C(CNC)CC2CCC(F)(F)CC2)C1. The van der Waals surface area contributed by atoms with Gasteiger partial charge in [-0.1, -0.05) is 0 Å². The van der Waals surface area contributed by atoms with Crippen molar-refractivity contribution in [2.24, 2.45) is 11.8 Å². The van der Waals surface area contributed by atoms with Gasteiger partial charge < -0.3 is 14.8 Å². The molecule has 3 atom stereocenters. The maximum absolute atomic E-state index is 14.8. The van der Waals surface area contributed by atoms with Crippen molar-refractivity contribution in [1.82, 2.24) is 10.2 Å². The van der Waals surface area contributed by atoms with E-state index < -0.39 is 29.5 Å². The van der Waals surface area contributed by atoms with Crippen LogP contribution in [0.15, 0.2) is 12.1 Å². The number of rotatable bonds is 13. The van der Waals surface area contributed by atoms with Gasteiger partial charge in [-0.25, -0.2) is 22.0 Å². The number of benzene rings is 1. The van der Waals surface area contributed by atoms with Gasteiger partial charge in [-0.2, -0.15) is 0 Å². The van der Waals surface area contributed by atoms with Crippen molar-refractivity contribution in [3.05, 3.63) is 35.1 Å². The van der Waals surface area contributed by atoms with Crippen molar-refractivity contribution in [3.63, 3.8) is 0 Å². The lowest BCUT2D eigenvalue weighted by molar-refractivity contribution is -0.0530. The average Bonchev–Trinajstić information content (AvgIpc) is 2.85. The first kappa shape index (κ1) is 29.3. The lowest BCUT2D eigenvalue weighted by atomic mass is 9.81. The normalized spacial score (nSPS) is 23.0. The number of hydrogen-bond donors (Lipinski definition) is 1. The van der Waals surface area contributed by atoms with E-state index in [1.54, 1.807) is 0 Å². The minimum atomic E-state index is -2.55. The van der Waals surface area contributed by atoms with Crippen LogP contribution in [0.1, 0.15) is 70.0 Å². The maximum Gasteiger partial charge on any atom is 0.248 e. The molecule has 1 aliphatic heterocycles. The number of piperidine rings is 1. The van der Waals surface area contributed by atoms with Crippen molar-refractivity contribution in [1.29, 1.82) is 0 Å². The number of alkyl halides is 2. The molecule has 1 saturated carbocycles. The number of ether oxygens (including phenoxy) is 2. The second-order valence-corrected chi connectivity index (χ2v) is 10.3. The summed E-state index contributed by atoms with van der Waals surface area (Å²) in [7, 11) is 1.87. The summed E-state index contributed by atoms with van der Waals surface area (Å²) >= 11 is 0. The minimum Gasteiger partial charge on any atom is -0.382 e. The molecule has 4 nitrogen and oxygen atoms in total. The molecule has 3 unspecified atom stereocenters. The van der Waals surface area contributed by atoms with Crippen LogP contribution in [-0.4, -0.2) is 63.4 Å². The van der Waals surface area contributed by atoms with E-state index in [9.17, 15) is 22.0 Å². The van der Waals surface area contributed by atoms with Crippen LogP contribution in [0, 0.1) is 29.3 Å². The summed E-state index contributed by atoms with van der Waals surface area (Å²) in [4.78, 5) is 2.32. The summed E-state index contributed by atoms with van der Waals surface area (Å²) in [6, 6.07) is 1.73. The van der Waals surface area contributed by atoms with Gasteiger partial charge in [0.1, 0.15) is 5.82 Å². The standard InChI is InChI=1S/C27H41F5N2O2/c1-3-35-12-5-13-36-26(23-15-21(28)16-24(29)25(23)30)20-6-4-11-34(18-20)22(17-33-2)14-19-7-9-27(31,32)10-8-19/h15-16,19-20,22,26,33H,3-14,17-18H2,1-2H3. The van der Waals surface area contributed by atoms with E-state index in [1.807, 2.05) is 14.0 Å². The summed E-state index contributed by atoms with van der Waals surface area (Å²) in [5, 5.41) is 3.23. The smallest absolute Gasteiger partial charge is 0.248 e. The van der Waals surface area contributed by atoms with Gasteiger partial charge in [0.15, 0.2) is 11.6 Å². The Hall–Kier alpha value is -1.29. The Balaban J connectivity index is 1.73. The Morgan fingerprint density at radius 2 is 1.86 bits per heavy atom. The molecule has 1 heterocycles. The fourth-order valence-electron chi connectivity index (χ4n) is 5.71. The quantitative estimate of drug-likeness (QED) is 0.194. The van der Waals surface area contributed by atoms with Crippen LogP contribution < -0.4 is 5.32 Å². The van der Waals surface area contributed by atoms with E-state index in [0.717, 1.165) is 31.9 Å². The summed E-state index contributed by atoms with van der Waals surface area (Å²) in [6.45, 7) is 5.38. The molecule has 0 amide bonds. The number of likely N-dealkylation sites (N-methyl/N-ethyl adjacent to an activating group) is 1. The average molecular weight is 521 g/mol. The zero-order valence-corrected chi connectivity index (χ0v) is 21.5. The topological polar surface area (TPSA) is 33.7 Å². The third-order valence-electron chi connectivity index (χ3n) is 7.58. The number of hydrogen-bond acceptors (Lipinski definition) is 4. The third-order valence-corrected chi connectivity index (χ3v) is 7.58. The van der Waals surface area contributed by atoms with Crippen LogP contribution in [0.3, 0.4) is 0 Å². The largest absolute Gasteiger partial charge is 0.382 e. The van der Waals surface area contributed by atoms with Gasteiger partial charge in [0.2, 0.25) is 5.92 Å². The molecule has 2 fully saturated rings. The second-order valence-electron chi connectivity index (χ2n) is 10.3. The predicted octanol–water partition coefficient (Wildman–Crippen LogP) is 6.10. The predicted molar refractivity (Wildman–Crippen MR) is 130 cm³/mol. The van der Waals surface area contributed by atoms with Crippen LogP contribution >= 0.6 is 0 Å². The molecule has 0 bridgehead atoms. The molecule has 206 valence electrons. The fourth-order valence-corrected chi connectivity index (χ4v) is 5.71. The molecule has 1 N–H and O–H groups in total. The van der Waals surface area contributed by atoms with Crippen molar-refractivity contribution in [2.75, 3.05) is 46.5 Å². The highest BCUT2D eigenvalue weighted by Gasteiger charge is 2.38. The van der Waals surface area contributed by atoms with E-state index in [2.05, 4.69) is 10.2 Å². The Kier molecular flexibility index (Phi) is 11.4. The van der Waals surface area contributed by atoms with E-state index in [1.165, 1.54) is 0 Å². The highest BCUT2D eigenvalue weighted by atomic mass is 19.3. The van der Waals surface area contributed by atoms with Crippen LogP contribution in [-0.2, 0) is 9.47 Å². The Labute approximate surface area is 211 Å². The number of nitrogens with zero attached hydrogens (tertiary/aromatic N) is 1. The molecular weight excluding hydrogens is 479 g/mol. The first-order chi connectivity index (χ1) is 17.2. The van der Waals surface area contributed by atoms with Gasteiger partial charge in [0.25, 0.3) is 0 Å². The van der Waals surface area contributed by atoms with Gasteiger partial charge in [0.05, 0.1) is 6.10 Å². The summed E-state index contributed by atoms with van der Waals surface area (Å²) < 4.78 is 81.8. The van der Waals surface area contributed by atoms with Crippen LogP contribution in [0.4, 0.5) is 22.0 Å². The van der Waals surface area contributed by atoms with E-state index in [0.29, 0.717) is 51.6 Å². The zero-order chi connectivity index (χ0) is 26.1. The van der Waals surface area contributed by atoms with Gasteiger partial charge in [-0.15, -0.1) is 0 Å². The molecule has 36 heavy (non-hydrogen) atoms. The molecule has 1 aromatic carbocycles. The number of halogens is 5. The molecule has 0 spiro atoms. The molecule has 1 aliphatic carbocycles. The van der Waals surface area contributed by atoms with Crippen molar-refractivity contribution in [2.45, 2.75) is 76.4 Å². The molecule has 1 saturated heterocycles. The third kappa shape index (κ3) is 8.36. The maximum atomic E-state index is 14.8. The lowest BCUT2D eigenvalue weighted by Gasteiger charge is -2.42. The van der Waals surface area contributed by atoms with Crippen LogP contribution in [0.2, 0.25) is 0 Å². The Bertz CT molecular complexity index is 803. The summed E-state index contributed by atoms with van der Waals surface area (Å²) in [5.41, 5.74) is -0.0876. The van der Waals surface area contributed by atoms with Gasteiger partial charge in [0, 0.05) is 69.3 Å². The molecule has 1 aromatic rings. The molecule has 2 aliphatic rings. The number of likely N-dealkylation sites (tertiary alicyclic amines) is 1. The minimum absolute atomic E-state index is 0.0609. The summed E-state index contributed by atoms with van der Waals surface area (Å²) in [6.07, 6.45) is 3.11. The van der Waals surface area contributed by atoms with E-state index >= 15 is 0 Å². The van der Waals surface area contributed by atoms with Gasteiger partial charge in [-0.3, -0.25) is 4.90 Å². The monoisotopic (exact) mass is 520 g/mol. The van der Waals surface area contributed by atoms with Crippen LogP contribution in [0.5, 0.6) is 0 Å². The Morgan fingerprint density at radius 3 is 2.56 bits per heavy atom. The highest BCUT2D eigenvalue weighted by Crippen LogP contribution is 2.40. The van der Waals surface area contributed by atoms with E-state index in [4.69, 9.17) is 9.47 Å².